The molecule has 0 aliphatic rings. The van der Waals surface area contributed by atoms with Gasteiger partial charge in [0.25, 0.3) is 0 Å². The summed E-state index contributed by atoms with van der Waals surface area (Å²) >= 11 is 0. The molecular formula is C22H25N3O2. The van der Waals surface area contributed by atoms with Crippen molar-refractivity contribution in [3.05, 3.63) is 76.1 Å². The summed E-state index contributed by atoms with van der Waals surface area (Å²) in [5, 5.41) is 7.82. The fourth-order valence-electron chi connectivity index (χ4n) is 3.24. The highest BCUT2D eigenvalue weighted by Gasteiger charge is 2.19. The van der Waals surface area contributed by atoms with E-state index in [0.29, 0.717) is 10.9 Å². The highest BCUT2D eigenvalue weighted by atomic mass is 16.2. The number of benzene rings is 2. The summed E-state index contributed by atoms with van der Waals surface area (Å²) in [6, 6.07) is 15.5. The molecule has 1 heterocycles. The molecule has 5 nitrogen and oxygen atoms in total. The second-order valence-electron chi connectivity index (χ2n) is 7.07. The van der Waals surface area contributed by atoms with Gasteiger partial charge in [-0.3, -0.25) is 14.3 Å². The molecule has 2 aromatic carbocycles. The number of aromatic nitrogens is 2. The molecule has 5 heteroatoms. The number of hydrogen-bond donors (Lipinski definition) is 1. The first-order chi connectivity index (χ1) is 13.0. The van der Waals surface area contributed by atoms with Crippen molar-refractivity contribution >= 4 is 16.8 Å². The van der Waals surface area contributed by atoms with E-state index in [4.69, 9.17) is 0 Å². The first-order valence-electron chi connectivity index (χ1n) is 9.32. The Bertz CT molecular complexity index is 990. The molecule has 0 saturated heterocycles. The Morgan fingerprint density at radius 1 is 1.11 bits per heavy atom. The number of nitrogens with zero attached hydrogens (tertiary/aromatic N) is 2. The van der Waals surface area contributed by atoms with Crippen LogP contribution in [0.15, 0.2) is 59.5 Å². The fraction of sp³-hybridized carbons (Fsp3) is 0.318. The van der Waals surface area contributed by atoms with Gasteiger partial charge in [-0.1, -0.05) is 57.2 Å². The summed E-state index contributed by atoms with van der Waals surface area (Å²) in [5.41, 5.74) is 2.89. The van der Waals surface area contributed by atoms with Crippen molar-refractivity contribution < 1.29 is 4.79 Å². The smallest absolute Gasteiger partial charge is 0.242 e. The van der Waals surface area contributed by atoms with E-state index in [2.05, 4.69) is 55.5 Å². The second-order valence-corrected chi connectivity index (χ2v) is 7.07. The molecule has 1 N–H and O–H groups in total. The number of para-hydroxylation sites is 1. The fourth-order valence-corrected chi connectivity index (χ4v) is 3.24. The summed E-state index contributed by atoms with van der Waals surface area (Å²) in [5.74, 6) is 0.120. The SMILES string of the molecule is CCc1ccc([C@H](NC(=O)Cn2ncc(=O)c3ccccc32)C(C)C)cc1. The van der Waals surface area contributed by atoms with Crippen molar-refractivity contribution in [3.63, 3.8) is 0 Å². The minimum Gasteiger partial charge on any atom is -0.347 e. The van der Waals surface area contributed by atoms with Crippen LogP contribution in [-0.4, -0.2) is 15.7 Å². The van der Waals surface area contributed by atoms with Gasteiger partial charge in [0.05, 0.1) is 17.8 Å². The molecule has 140 valence electrons. The summed E-state index contributed by atoms with van der Waals surface area (Å²) in [4.78, 5) is 24.6. The van der Waals surface area contributed by atoms with Crippen molar-refractivity contribution in [2.75, 3.05) is 0 Å². The lowest BCUT2D eigenvalue weighted by molar-refractivity contribution is -0.122. The highest BCUT2D eigenvalue weighted by Crippen LogP contribution is 2.22. The second kappa shape index (κ2) is 8.16. The summed E-state index contributed by atoms with van der Waals surface area (Å²) in [6.45, 7) is 6.37. The average molecular weight is 363 g/mol. The minimum absolute atomic E-state index is 0.0665. The lowest BCUT2D eigenvalue weighted by Gasteiger charge is -2.23. The number of nitrogens with one attached hydrogen (secondary N) is 1. The molecule has 0 saturated carbocycles. The average Bonchev–Trinajstić information content (AvgIpc) is 2.68. The molecule has 0 unspecified atom stereocenters. The van der Waals surface area contributed by atoms with Crippen LogP contribution in [0.2, 0.25) is 0 Å². The van der Waals surface area contributed by atoms with Crippen LogP contribution in [-0.2, 0) is 17.8 Å². The summed E-state index contributed by atoms with van der Waals surface area (Å²) in [7, 11) is 0. The topological polar surface area (TPSA) is 64.0 Å². The van der Waals surface area contributed by atoms with E-state index in [1.54, 1.807) is 16.8 Å². The number of rotatable bonds is 6. The highest BCUT2D eigenvalue weighted by molar-refractivity contribution is 5.81. The molecule has 0 fully saturated rings. The number of hydrogen-bond acceptors (Lipinski definition) is 3. The van der Waals surface area contributed by atoms with Gasteiger partial charge < -0.3 is 5.32 Å². The van der Waals surface area contributed by atoms with E-state index in [0.717, 1.165) is 12.0 Å². The minimum atomic E-state index is -0.140. The van der Waals surface area contributed by atoms with Gasteiger partial charge in [-0.2, -0.15) is 5.10 Å². The number of amides is 1. The van der Waals surface area contributed by atoms with Crippen LogP contribution in [0, 0.1) is 5.92 Å². The molecule has 3 aromatic rings. The largest absolute Gasteiger partial charge is 0.347 e. The maximum atomic E-state index is 12.7. The van der Waals surface area contributed by atoms with Gasteiger partial charge in [0, 0.05) is 5.39 Å². The van der Waals surface area contributed by atoms with E-state index in [1.165, 1.54) is 11.8 Å². The van der Waals surface area contributed by atoms with Crippen LogP contribution >= 0.6 is 0 Å². The third-order valence-corrected chi connectivity index (χ3v) is 4.79. The lowest BCUT2D eigenvalue weighted by atomic mass is 9.95. The van der Waals surface area contributed by atoms with Crippen molar-refractivity contribution in [1.82, 2.24) is 15.1 Å². The zero-order valence-corrected chi connectivity index (χ0v) is 16.0. The van der Waals surface area contributed by atoms with E-state index in [1.807, 2.05) is 12.1 Å². The van der Waals surface area contributed by atoms with Crippen LogP contribution in [0.3, 0.4) is 0 Å². The standard InChI is InChI=1S/C22H25N3O2/c1-4-16-9-11-17(12-10-16)22(15(2)3)24-21(27)14-25-19-8-6-5-7-18(19)20(26)13-23-25/h5-13,15,22H,4,14H2,1-3H3,(H,24,27)/t22-/m1/s1. The van der Waals surface area contributed by atoms with Crippen LogP contribution in [0.25, 0.3) is 10.9 Å². The predicted molar refractivity (Wildman–Crippen MR) is 108 cm³/mol. The Hall–Kier alpha value is -2.95. The van der Waals surface area contributed by atoms with Crippen LogP contribution in [0.4, 0.5) is 0 Å². The molecule has 0 spiro atoms. The monoisotopic (exact) mass is 363 g/mol. The summed E-state index contributed by atoms with van der Waals surface area (Å²) < 4.78 is 1.57. The van der Waals surface area contributed by atoms with Crippen molar-refractivity contribution in [1.29, 1.82) is 0 Å². The molecule has 3 rings (SSSR count). The Kier molecular flexibility index (Phi) is 5.69. The lowest BCUT2D eigenvalue weighted by Crippen LogP contribution is -2.35. The number of fused-ring (bicyclic) bond motifs is 1. The molecule has 0 bridgehead atoms. The van der Waals surface area contributed by atoms with E-state index >= 15 is 0 Å². The predicted octanol–water partition coefficient (Wildman–Crippen LogP) is 3.47. The molecule has 27 heavy (non-hydrogen) atoms. The Morgan fingerprint density at radius 3 is 2.48 bits per heavy atom. The molecule has 0 aliphatic carbocycles. The van der Waals surface area contributed by atoms with Crippen LogP contribution in [0.1, 0.15) is 37.9 Å². The third-order valence-electron chi connectivity index (χ3n) is 4.79. The number of carbonyl (C=O) groups is 1. The van der Waals surface area contributed by atoms with Gasteiger partial charge in [0.2, 0.25) is 11.3 Å². The molecule has 1 amide bonds. The molecule has 0 radical (unpaired) electrons. The molecule has 0 aliphatic heterocycles. The van der Waals surface area contributed by atoms with Crippen LogP contribution < -0.4 is 10.7 Å². The third kappa shape index (κ3) is 4.25. The van der Waals surface area contributed by atoms with Crippen LogP contribution in [0.5, 0.6) is 0 Å². The van der Waals surface area contributed by atoms with Gasteiger partial charge in [-0.15, -0.1) is 0 Å². The normalized spacial score (nSPS) is 12.3. The van der Waals surface area contributed by atoms with Gasteiger partial charge in [-0.25, -0.2) is 0 Å². The number of carbonyl (C=O) groups excluding carboxylic acids is 1. The van der Waals surface area contributed by atoms with Gasteiger partial charge in [-0.05, 0) is 35.6 Å². The van der Waals surface area contributed by atoms with Crippen molar-refractivity contribution in [3.8, 4) is 0 Å². The van der Waals surface area contributed by atoms with Gasteiger partial charge >= 0.3 is 0 Å². The Labute approximate surface area is 159 Å². The zero-order valence-electron chi connectivity index (χ0n) is 16.0. The molecule has 1 aromatic heterocycles. The Morgan fingerprint density at radius 2 is 1.81 bits per heavy atom. The molecular weight excluding hydrogens is 338 g/mol. The van der Waals surface area contributed by atoms with E-state index < -0.39 is 0 Å². The van der Waals surface area contributed by atoms with Crippen molar-refractivity contribution in [2.24, 2.45) is 5.92 Å². The van der Waals surface area contributed by atoms with Gasteiger partial charge in [0.15, 0.2) is 0 Å². The quantitative estimate of drug-likeness (QED) is 0.729. The van der Waals surface area contributed by atoms with E-state index in [9.17, 15) is 9.59 Å². The maximum Gasteiger partial charge on any atom is 0.242 e. The Balaban J connectivity index is 1.81. The molecule has 1 atom stereocenters. The maximum absolute atomic E-state index is 12.7. The van der Waals surface area contributed by atoms with E-state index in [-0.39, 0.29) is 29.8 Å². The first-order valence-corrected chi connectivity index (χ1v) is 9.32. The summed E-state index contributed by atoms with van der Waals surface area (Å²) in [6.07, 6.45) is 2.25. The van der Waals surface area contributed by atoms with Crippen molar-refractivity contribution in [2.45, 2.75) is 39.8 Å². The van der Waals surface area contributed by atoms with Gasteiger partial charge in [0.1, 0.15) is 6.54 Å². The first kappa shape index (κ1) is 18.8. The number of aryl methyl sites for hydroxylation is 1. The zero-order chi connectivity index (χ0) is 19.4.